The van der Waals surface area contributed by atoms with E-state index in [9.17, 15) is 4.79 Å². The standard InChI is InChI=1S/C15H24N2O3/c1-4-19-14-7-12(8-16)5-6-13(14)20-10-15(18)17-9-11(2)3/h5-7,11H,4,8-10,16H2,1-3H3,(H,17,18). The smallest absolute Gasteiger partial charge is 0.257 e. The van der Waals surface area contributed by atoms with E-state index in [4.69, 9.17) is 15.2 Å². The summed E-state index contributed by atoms with van der Waals surface area (Å²) in [6, 6.07) is 5.48. The normalized spacial score (nSPS) is 10.4. The van der Waals surface area contributed by atoms with Gasteiger partial charge in [-0.15, -0.1) is 0 Å². The van der Waals surface area contributed by atoms with Crippen molar-refractivity contribution in [1.82, 2.24) is 5.32 Å². The van der Waals surface area contributed by atoms with Crippen molar-refractivity contribution < 1.29 is 14.3 Å². The number of nitrogens with one attached hydrogen (secondary N) is 1. The van der Waals surface area contributed by atoms with Crippen LogP contribution in [0.15, 0.2) is 18.2 Å². The maximum Gasteiger partial charge on any atom is 0.257 e. The summed E-state index contributed by atoms with van der Waals surface area (Å²) in [7, 11) is 0. The number of carbonyl (C=O) groups is 1. The van der Waals surface area contributed by atoms with Gasteiger partial charge in [0.25, 0.3) is 5.91 Å². The van der Waals surface area contributed by atoms with Gasteiger partial charge in [-0.25, -0.2) is 0 Å². The molecule has 20 heavy (non-hydrogen) atoms. The Morgan fingerprint density at radius 2 is 2.05 bits per heavy atom. The largest absolute Gasteiger partial charge is 0.490 e. The lowest BCUT2D eigenvalue weighted by molar-refractivity contribution is -0.123. The molecular weight excluding hydrogens is 256 g/mol. The van der Waals surface area contributed by atoms with Crippen molar-refractivity contribution in [2.24, 2.45) is 11.7 Å². The van der Waals surface area contributed by atoms with Gasteiger partial charge in [0.2, 0.25) is 0 Å². The van der Waals surface area contributed by atoms with E-state index >= 15 is 0 Å². The molecule has 5 nitrogen and oxygen atoms in total. The van der Waals surface area contributed by atoms with Crippen molar-refractivity contribution in [3.8, 4) is 11.5 Å². The summed E-state index contributed by atoms with van der Waals surface area (Å²) in [5.74, 6) is 1.46. The Labute approximate surface area is 120 Å². The fourth-order valence-electron chi connectivity index (χ4n) is 1.58. The number of hydrogen-bond donors (Lipinski definition) is 2. The molecule has 112 valence electrons. The van der Waals surface area contributed by atoms with E-state index in [0.717, 1.165) is 5.56 Å². The maximum absolute atomic E-state index is 11.6. The van der Waals surface area contributed by atoms with Crippen LogP contribution >= 0.6 is 0 Å². The Balaban J connectivity index is 2.60. The van der Waals surface area contributed by atoms with E-state index in [1.54, 1.807) is 6.07 Å². The minimum atomic E-state index is -0.135. The van der Waals surface area contributed by atoms with Gasteiger partial charge in [-0.1, -0.05) is 19.9 Å². The van der Waals surface area contributed by atoms with Crippen LogP contribution in [0.4, 0.5) is 0 Å². The Bertz CT molecular complexity index is 433. The van der Waals surface area contributed by atoms with Crippen molar-refractivity contribution in [2.45, 2.75) is 27.3 Å². The second-order valence-corrected chi connectivity index (χ2v) is 4.90. The van der Waals surface area contributed by atoms with Gasteiger partial charge in [0.1, 0.15) is 0 Å². The van der Waals surface area contributed by atoms with Gasteiger partial charge in [0, 0.05) is 13.1 Å². The molecule has 0 radical (unpaired) electrons. The molecule has 0 aliphatic carbocycles. The van der Waals surface area contributed by atoms with Crippen LogP contribution in [0.25, 0.3) is 0 Å². The summed E-state index contributed by atoms with van der Waals surface area (Å²) in [6.45, 7) is 7.58. The summed E-state index contributed by atoms with van der Waals surface area (Å²) in [6.07, 6.45) is 0. The number of nitrogens with two attached hydrogens (primary N) is 1. The van der Waals surface area contributed by atoms with E-state index in [1.165, 1.54) is 0 Å². The molecule has 1 rings (SSSR count). The van der Waals surface area contributed by atoms with Gasteiger partial charge in [-0.3, -0.25) is 4.79 Å². The van der Waals surface area contributed by atoms with Gasteiger partial charge >= 0.3 is 0 Å². The SMILES string of the molecule is CCOc1cc(CN)ccc1OCC(=O)NCC(C)C. The molecule has 0 atom stereocenters. The maximum atomic E-state index is 11.6. The first-order valence-electron chi connectivity index (χ1n) is 6.92. The highest BCUT2D eigenvalue weighted by atomic mass is 16.5. The van der Waals surface area contributed by atoms with Crippen molar-refractivity contribution in [3.05, 3.63) is 23.8 Å². The lowest BCUT2D eigenvalue weighted by Crippen LogP contribution is -2.31. The minimum absolute atomic E-state index is 0.0191. The third-order valence-corrected chi connectivity index (χ3v) is 2.61. The highest BCUT2D eigenvalue weighted by Crippen LogP contribution is 2.28. The van der Waals surface area contributed by atoms with Crippen LogP contribution in [-0.2, 0) is 11.3 Å². The number of amides is 1. The third-order valence-electron chi connectivity index (χ3n) is 2.61. The Hall–Kier alpha value is -1.75. The molecule has 0 bridgehead atoms. The van der Waals surface area contributed by atoms with Crippen LogP contribution in [0.1, 0.15) is 26.3 Å². The molecule has 1 amide bonds. The molecule has 0 aromatic heterocycles. The van der Waals surface area contributed by atoms with Crippen molar-refractivity contribution in [1.29, 1.82) is 0 Å². The van der Waals surface area contributed by atoms with Gasteiger partial charge < -0.3 is 20.5 Å². The zero-order chi connectivity index (χ0) is 15.0. The number of ether oxygens (including phenoxy) is 2. The van der Waals surface area contributed by atoms with Crippen LogP contribution < -0.4 is 20.5 Å². The van der Waals surface area contributed by atoms with Gasteiger partial charge in [0.05, 0.1) is 6.61 Å². The molecule has 0 unspecified atom stereocenters. The summed E-state index contributed by atoms with van der Waals surface area (Å²) >= 11 is 0. The van der Waals surface area contributed by atoms with Crippen molar-refractivity contribution in [2.75, 3.05) is 19.8 Å². The number of benzene rings is 1. The summed E-state index contributed by atoms with van der Waals surface area (Å²) in [5.41, 5.74) is 6.56. The summed E-state index contributed by atoms with van der Waals surface area (Å²) in [4.78, 5) is 11.6. The van der Waals surface area contributed by atoms with E-state index in [2.05, 4.69) is 5.32 Å². The van der Waals surface area contributed by atoms with Crippen molar-refractivity contribution >= 4 is 5.91 Å². The van der Waals surface area contributed by atoms with Crippen LogP contribution in [0.5, 0.6) is 11.5 Å². The molecule has 0 saturated heterocycles. The topological polar surface area (TPSA) is 73.6 Å². The average molecular weight is 280 g/mol. The molecule has 5 heteroatoms. The minimum Gasteiger partial charge on any atom is -0.490 e. The van der Waals surface area contributed by atoms with Crippen LogP contribution in [0, 0.1) is 5.92 Å². The average Bonchev–Trinajstić information content (AvgIpc) is 2.43. The lowest BCUT2D eigenvalue weighted by atomic mass is 10.2. The Morgan fingerprint density at radius 3 is 2.65 bits per heavy atom. The van der Waals surface area contributed by atoms with Gasteiger partial charge in [-0.05, 0) is 30.5 Å². The molecular formula is C15H24N2O3. The molecule has 0 aliphatic heterocycles. The molecule has 0 saturated carbocycles. The highest BCUT2D eigenvalue weighted by Gasteiger charge is 2.09. The molecule has 0 fully saturated rings. The molecule has 0 spiro atoms. The Kier molecular flexibility index (Phi) is 6.87. The second-order valence-electron chi connectivity index (χ2n) is 4.90. The van der Waals surface area contributed by atoms with E-state index in [0.29, 0.717) is 37.1 Å². The van der Waals surface area contributed by atoms with E-state index < -0.39 is 0 Å². The van der Waals surface area contributed by atoms with E-state index in [-0.39, 0.29) is 12.5 Å². The second kappa shape index (κ2) is 8.43. The van der Waals surface area contributed by atoms with Crippen molar-refractivity contribution in [3.63, 3.8) is 0 Å². The van der Waals surface area contributed by atoms with Gasteiger partial charge in [-0.2, -0.15) is 0 Å². The van der Waals surface area contributed by atoms with Crippen LogP contribution in [0.2, 0.25) is 0 Å². The third kappa shape index (κ3) is 5.48. The highest BCUT2D eigenvalue weighted by molar-refractivity contribution is 5.77. The Morgan fingerprint density at radius 1 is 1.30 bits per heavy atom. The molecule has 0 heterocycles. The zero-order valence-electron chi connectivity index (χ0n) is 12.4. The quantitative estimate of drug-likeness (QED) is 0.760. The summed E-state index contributed by atoms with van der Waals surface area (Å²) < 4.78 is 11.0. The molecule has 1 aromatic rings. The first-order chi connectivity index (χ1) is 9.56. The predicted molar refractivity (Wildman–Crippen MR) is 78.8 cm³/mol. The first kappa shape index (κ1) is 16.3. The molecule has 1 aromatic carbocycles. The van der Waals surface area contributed by atoms with Crippen LogP contribution in [0.3, 0.4) is 0 Å². The summed E-state index contributed by atoms with van der Waals surface area (Å²) in [5, 5.41) is 2.80. The molecule has 3 N–H and O–H groups in total. The van der Waals surface area contributed by atoms with Crippen LogP contribution in [-0.4, -0.2) is 25.7 Å². The van der Waals surface area contributed by atoms with Gasteiger partial charge in [0.15, 0.2) is 18.1 Å². The fraction of sp³-hybridized carbons (Fsp3) is 0.533. The predicted octanol–water partition coefficient (Wildman–Crippen LogP) is 1.69. The molecule has 0 aliphatic rings. The number of carbonyl (C=O) groups excluding carboxylic acids is 1. The monoisotopic (exact) mass is 280 g/mol. The number of hydrogen-bond acceptors (Lipinski definition) is 4. The van der Waals surface area contributed by atoms with E-state index in [1.807, 2.05) is 32.9 Å². The first-order valence-corrected chi connectivity index (χ1v) is 6.92. The number of rotatable bonds is 8. The lowest BCUT2D eigenvalue weighted by Gasteiger charge is -2.13. The zero-order valence-corrected chi connectivity index (χ0v) is 12.4. The fourth-order valence-corrected chi connectivity index (χ4v) is 1.58.